The molecule has 33 heavy (non-hydrogen) atoms. The zero-order chi connectivity index (χ0) is 24.8. The van der Waals surface area contributed by atoms with Gasteiger partial charge in [-0.1, -0.05) is 17.5 Å². The summed E-state index contributed by atoms with van der Waals surface area (Å²) < 4.78 is 52.5. The van der Waals surface area contributed by atoms with Crippen molar-refractivity contribution in [2.24, 2.45) is 0 Å². The van der Waals surface area contributed by atoms with Gasteiger partial charge >= 0.3 is 23.5 Å². The SMILES string of the molecule is C#CC1(Cl)[C@@H](O)[C@@H](COP(=O)(O)OP(=O)(O)OP(=O)(O)O)O[C@H]1n1cnc2cnc(N)nc21. The quantitative estimate of drug-likeness (QED) is 0.139. The Hall–Kier alpha value is -1.47. The van der Waals surface area contributed by atoms with E-state index in [1.54, 1.807) is 0 Å². The van der Waals surface area contributed by atoms with Gasteiger partial charge in [-0.25, -0.2) is 23.7 Å². The summed E-state index contributed by atoms with van der Waals surface area (Å²) in [5.74, 6) is 2.04. The summed E-state index contributed by atoms with van der Waals surface area (Å²) in [5.41, 5.74) is 5.97. The number of nitrogen functional groups attached to an aromatic ring is 1. The molecule has 0 saturated carbocycles. The van der Waals surface area contributed by atoms with Crippen molar-refractivity contribution in [2.45, 2.75) is 23.3 Å². The molecule has 0 aliphatic carbocycles. The molecule has 3 unspecified atom stereocenters. The molecular formula is C12H15ClN5O12P3. The van der Waals surface area contributed by atoms with Crippen molar-refractivity contribution >= 4 is 52.2 Å². The van der Waals surface area contributed by atoms with Crippen LogP contribution >= 0.6 is 35.1 Å². The Balaban J connectivity index is 1.79. The predicted molar refractivity (Wildman–Crippen MR) is 107 cm³/mol. The van der Waals surface area contributed by atoms with Gasteiger partial charge in [0.15, 0.2) is 16.7 Å². The maximum Gasteiger partial charge on any atom is 0.490 e. The van der Waals surface area contributed by atoms with Gasteiger partial charge in [-0.15, -0.1) is 6.42 Å². The van der Waals surface area contributed by atoms with Gasteiger partial charge in [-0.2, -0.15) is 13.6 Å². The average molecular weight is 550 g/mol. The van der Waals surface area contributed by atoms with Crippen LogP contribution in [0.3, 0.4) is 0 Å². The molecule has 0 bridgehead atoms. The van der Waals surface area contributed by atoms with E-state index in [4.69, 9.17) is 38.3 Å². The third-order valence-electron chi connectivity index (χ3n) is 4.07. The van der Waals surface area contributed by atoms with E-state index in [9.17, 15) is 28.6 Å². The van der Waals surface area contributed by atoms with Crippen LogP contribution in [0.1, 0.15) is 6.23 Å². The molecule has 1 saturated heterocycles. The summed E-state index contributed by atoms with van der Waals surface area (Å²) in [6.45, 7) is -0.985. The zero-order valence-corrected chi connectivity index (χ0v) is 19.3. The van der Waals surface area contributed by atoms with E-state index in [0.29, 0.717) is 0 Å². The number of halogens is 1. The topological polar surface area (TPSA) is 259 Å². The molecule has 0 amide bonds. The first kappa shape index (κ1) is 26.1. The van der Waals surface area contributed by atoms with Gasteiger partial charge in [0.2, 0.25) is 5.95 Å². The lowest BCUT2D eigenvalue weighted by Crippen LogP contribution is -2.41. The largest absolute Gasteiger partial charge is 0.490 e. The van der Waals surface area contributed by atoms with Gasteiger partial charge < -0.3 is 35.2 Å². The maximum absolute atomic E-state index is 11.9. The molecule has 17 nitrogen and oxygen atoms in total. The number of alkyl halides is 1. The van der Waals surface area contributed by atoms with Crippen LogP contribution in [0.4, 0.5) is 5.95 Å². The maximum atomic E-state index is 11.9. The number of aliphatic hydroxyl groups is 1. The molecule has 0 spiro atoms. The molecule has 3 rings (SSSR count). The number of phosphoric acid groups is 3. The highest BCUT2D eigenvalue weighted by molar-refractivity contribution is 7.66. The molecule has 0 aromatic carbocycles. The number of hydrogen-bond acceptors (Lipinski definition) is 12. The number of rotatable bonds is 8. The number of terminal acetylenes is 1. The monoisotopic (exact) mass is 549 g/mol. The van der Waals surface area contributed by atoms with Crippen molar-refractivity contribution in [3.8, 4) is 12.3 Å². The third kappa shape index (κ3) is 5.79. The molecule has 182 valence electrons. The Morgan fingerprint density at radius 3 is 2.52 bits per heavy atom. The zero-order valence-electron chi connectivity index (χ0n) is 15.9. The Bertz CT molecular complexity index is 1250. The van der Waals surface area contributed by atoms with E-state index >= 15 is 0 Å². The smallest absolute Gasteiger partial charge is 0.387 e. The summed E-state index contributed by atoms with van der Waals surface area (Å²) in [6, 6.07) is 0. The number of hydrogen-bond donors (Lipinski definition) is 6. The Morgan fingerprint density at radius 2 is 1.91 bits per heavy atom. The van der Waals surface area contributed by atoms with Gasteiger partial charge in [0.1, 0.15) is 17.7 Å². The summed E-state index contributed by atoms with van der Waals surface area (Å²) in [4.78, 5) is 45.7. The Morgan fingerprint density at radius 1 is 1.24 bits per heavy atom. The molecule has 1 aliphatic heterocycles. The van der Waals surface area contributed by atoms with Crippen molar-refractivity contribution in [2.75, 3.05) is 12.3 Å². The van der Waals surface area contributed by atoms with Gasteiger partial charge in [-0.3, -0.25) is 9.09 Å². The number of fused-ring (bicyclic) bond motifs is 1. The minimum absolute atomic E-state index is 0.118. The van der Waals surface area contributed by atoms with Crippen LogP contribution in [0, 0.1) is 12.3 Å². The normalized spacial score (nSPS) is 29.4. The minimum Gasteiger partial charge on any atom is -0.387 e. The molecule has 1 aliphatic rings. The highest BCUT2D eigenvalue weighted by Gasteiger charge is 2.56. The van der Waals surface area contributed by atoms with E-state index in [2.05, 4.69) is 34.0 Å². The third-order valence-corrected chi connectivity index (χ3v) is 8.39. The first-order chi connectivity index (χ1) is 15.1. The number of nitrogens with two attached hydrogens (primary N) is 1. The summed E-state index contributed by atoms with van der Waals surface area (Å²) in [7, 11) is -16.8. The van der Waals surface area contributed by atoms with E-state index < -0.39 is 53.4 Å². The van der Waals surface area contributed by atoms with E-state index in [1.807, 2.05) is 0 Å². The average Bonchev–Trinajstić information content (AvgIpc) is 3.16. The molecule has 1 fully saturated rings. The summed E-state index contributed by atoms with van der Waals surface area (Å²) in [6.07, 6.45) is 3.39. The number of phosphoric ester groups is 1. The molecule has 3 heterocycles. The molecule has 7 N–H and O–H groups in total. The number of imidazole rings is 1. The van der Waals surface area contributed by atoms with Gasteiger partial charge in [0, 0.05) is 0 Å². The van der Waals surface area contributed by atoms with E-state index in [1.165, 1.54) is 17.1 Å². The number of anilines is 1. The second-order valence-corrected chi connectivity index (χ2v) is 11.4. The van der Waals surface area contributed by atoms with Gasteiger partial charge in [-0.05, 0) is 0 Å². The van der Waals surface area contributed by atoms with Crippen LogP contribution in [0.5, 0.6) is 0 Å². The fourth-order valence-corrected chi connectivity index (χ4v) is 6.12. The number of ether oxygens (including phenoxy) is 1. The van der Waals surface area contributed by atoms with E-state index in [-0.39, 0.29) is 17.1 Å². The molecule has 2 aromatic rings. The number of aliphatic hydroxyl groups excluding tert-OH is 1. The first-order valence-electron chi connectivity index (χ1n) is 8.30. The van der Waals surface area contributed by atoms with Crippen LogP contribution < -0.4 is 5.73 Å². The molecule has 21 heteroatoms. The van der Waals surface area contributed by atoms with Crippen LogP contribution in [0.25, 0.3) is 11.2 Å². The van der Waals surface area contributed by atoms with E-state index in [0.717, 1.165) is 0 Å². The molecule has 0 radical (unpaired) electrons. The summed E-state index contributed by atoms with van der Waals surface area (Å²) >= 11 is 6.38. The van der Waals surface area contributed by atoms with Crippen LogP contribution in [0.2, 0.25) is 0 Å². The van der Waals surface area contributed by atoms with Gasteiger partial charge in [0.25, 0.3) is 0 Å². The second-order valence-electron chi connectivity index (χ2n) is 6.36. The van der Waals surface area contributed by atoms with Crippen LogP contribution in [0.15, 0.2) is 12.5 Å². The first-order valence-corrected chi connectivity index (χ1v) is 13.2. The van der Waals surface area contributed by atoms with Crippen molar-refractivity contribution < 1.29 is 56.3 Å². The number of nitrogens with zero attached hydrogens (tertiary/aromatic N) is 4. The van der Waals surface area contributed by atoms with Gasteiger partial charge in [0.05, 0.1) is 19.1 Å². The highest BCUT2D eigenvalue weighted by atomic mass is 35.5. The highest BCUT2D eigenvalue weighted by Crippen LogP contribution is 2.66. The summed E-state index contributed by atoms with van der Waals surface area (Å²) in [5, 5.41) is 10.6. The lowest BCUT2D eigenvalue weighted by atomic mass is 9.99. The molecule has 2 aromatic heterocycles. The lowest BCUT2D eigenvalue weighted by molar-refractivity contribution is -0.0428. The second kappa shape index (κ2) is 8.95. The lowest BCUT2D eigenvalue weighted by Gasteiger charge is -2.25. The molecular weight excluding hydrogens is 535 g/mol. The van der Waals surface area contributed by atoms with Crippen molar-refractivity contribution in [1.29, 1.82) is 0 Å². The van der Waals surface area contributed by atoms with Crippen LogP contribution in [-0.4, -0.2) is 67.9 Å². The number of aromatic nitrogens is 4. The van der Waals surface area contributed by atoms with Crippen LogP contribution in [-0.2, 0) is 31.6 Å². The predicted octanol–water partition coefficient (Wildman–Crippen LogP) is -0.379. The van der Waals surface area contributed by atoms with Crippen molar-refractivity contribution in [1.82, 2.24) is 19.5 Å². The Labute approximate surface area is 188 Å². The fraction of sp³-hybridized carbons (Fsp3) is 0.417. The standard InChI is InChI=1S/C12H15ClN5O12P3/c1-2-12(13)8(19)7(4-27-32(23,24)30-33(25,26)29-31(20,21)22)28-10(12)18-5-16-6-3-15-11(14)17-9(6)18/h1,3,5,7-8,10,19H,4H2,(H,23,24)(H,25,26)(H2,14,15,17)(H2,20,21,22)/t7-,8+,10-,12?/m1/s1. The fourth-order valence-electron chi connectivity index (χ4n) is 2.79. The molecule has 6 atom stereocenters. The van der Waals surface area contributed by atoms with Crippen molar-refractivity contribution in [3.63, 3.8) is 0 Å². The minimum atomic E-state index is -5.73. The Kier molecular flexibility index (Phi) is 7.09. The van der Waals surface area contributed by atoms with Crippen molar-refractivity contribution in [3.05, 3.63) is 12.5 Å².